The van der Waals surface area contributed by atoms with Crippen molar-refractivity contribution in [3.05, 3.63) is 53.6 Å². The zero-order valence-corrected chi connectivity index (χ0v) is 19.5. The number of nitrogens with two attached hydrogens (primary N) is 1. The van der Waals surface area contributed by atoms with Crippen LogP contribution in [0.5, 0.6) is 0 Å². The highest BCUT2D eigenvalue weighted by Crippen LogP contribution is 2.29. The lowest BCUT2D eigenvalue weighted by Crippen LogP contribution is -2.46. The van der Waals surface area contributed by atoms with Gasteiger partial charge in [-0.3, -0.25) is 0 Å². The van der Waals surface area contributed by atoms with Gasteiger partial charge in [0.2, 0.25) is 0 Å². The molecule has 1 fully saturated rings. The summed E-state index contributed by atoms with van der Waals surface area (Å²) in [6, 6.07) is 14.6. The molecule has 3 rings (SSSR count). The van der Waals surface area contributed by atoms with Gasteiger partial charge in [-0.25, -0.2) is 4.98 Å². The van der Waals surface area contributed by atoms with Gasteiger partial charge < -0.3 is 20.7 Å². The van der Waals surface area contributed by atoms with E-state index in [-0.39, 0.29) is 5.54 Å². The third-order valence-corrected chi connectivity index (χ3v) is 5.36. The Labute approximate surface area is 189 Å². The van der Waals surface area contributed by atoms with Crippen LogP contribution < -0.4 is 16.0 Å². The molecule has 1 saturated carbocycles. The summed E-state index contributed by atoms with van der Waals surface area (Å²) < 4.78 is 22.7. The summed E-state index contributed by atoms with van der Waals surface area (Å²) in [4.78, 5) is 6.72. The van der Waals surface area contributed by atoms with Crippen LogP contribution in [0.4, 0.5) is 11.6 Å². The van der Waals surface area contributed by atoms with Crippen molar-refractivity contribution in [1.82, 2.24) is 4.98 Å². The maximum Gasteiger partial charge on any atom is 0.335 e. The van der Waals surface area contributed by atoms with E-state index in [9.17, 15) is 0 Å². The van der Waals surface area contributed by atoms with Gasteiger partial charge in [0, 0.05) is 26.2 Å². The molecular formula is C23H34N4O3S. The molecule has 0 saturated heterocycles. The second kappa shape index (κ2) is 12.5. The topological polar surface area (TPSA) is 97.6 Å². The number of rotatable bonds is 11. The average molecular weight is 447 g/mol. The quantitative estimate of drug-likeness (QED) is 0.547. The molecule has 0 amide bonds. The van der Waals surface area contributed by atoms with Gasteiger partial charge >= 0.3 is 11.6 Å². The third kappa shape index (κ3) is 9.16. The predicted molar refractivity (Wildman–Crippen MR) is 126 cm³/mol. The molecule has 0 aliphatic heterocycles. The molecule has 1 heterocycles. The van der Waals surface area contributed by atoms with Crippen LogP contribution in [-0.2, 0) is 29.3 Å². The van der Waals surface area contributed by atoms with Gasteiger partial charge in [0.1, 0.15) is 11.6 Å². The molecule has 170 valence electrons. The highest BCUT2D eigenvalue weighted by molar-refractivity contribution is 7.51. The van der Waals surface area contributed by atoms with E-state index in [4.69, 9.17) is 23.9 Å². The summed E-state index contributed by atoms with van der Waals surface area (Å²) in [5.41, 5.74) is 8.65. The van der Waals surface area contributed by atoms with E-state index in [1.54, 1.807) is 0 Å². The fourth-order valence-corrected chi connectivity index (χ4v) is 3.20. The Morgan fingerprint density at radius 3 is 2.45 bits per heavy atom. The molecule has 1 aromatic heterocycles. The Morgan fingerprint density at radius 1 is 1.19 bits per heavy atom. The van der Waals surface area contributed by atoms with Crippen LogP contribution in [0.1, 0.15) is 37.3 Å². The van der Waals surface area contributed by atoms with Gasteiger partial charge in [0.05, 0.1) is 13.2 Å². The lowest BCUT2D eigenvalue weighted by Gasteiger charge is -2.28. The van der Waals surface area contributed by atoms with Crippen molar-refractivity contribution in [1.29, 1.82) is 0 Å². The van der Waals surface area contributed by atoms with Gasteiger partial charge in [-0.2, -0.15) is 8.42 Å². The monoisotopic (exact) mass is 446 g/mol. The predicted octanol–water partition coefficient (Wildman–Crippen LogP) is 3.17. The van der Waals surface area contributed by atoms with Crippen molar-refractivity contribution >= 4 is 23.2 Å². The van der Waals surface area contributed by atoms with E-state index in [0.29, 0.717) is 13.2 Å². The number of pyridine rings is 1. The van der Waals surface area contributed by atoms with Crippen molar-refractivity contribution in [2.45, 2.75) is 44.8 Å². The standard InChI is InChI=1S/C23H34N4O.O2S/c1-4-23(24,14-18-8-6-5-7-9-18)17-28-16-20-12-21(25-15-19-10-11-19)26-22(13-20)27(2)3;1-3-2/h5-9,12-13,19H,4,10-11,14-17,24H2,1-3H3,(H,25,26);. The highest BCUT2D eigenvalue weighted by atomic mass is 32.1. The first-order chi connectivity index (χ1) is 14.9. The maximum absolute atomic E-state index is 8.29. The Morgan fingerprint density at radius 2 is 1.87 bits per heavy atom. The average Bonchev–Trinajstić information content (AvgIpc) is 3.58. The van der Waals surface area contributed by atoms with E-state index in [2.05, 4.69) is 48.6 Å². The minimum Gasteiger partial charge on any atom is -0.375 e. The van der Waals surface area contributed by atoms with Crippen LogP contribution >= 0.6 is 0 Å². The molecule has 1 aliphatic carbocycles. The minimum absolute atomic E-state index is 0.355. The first kappa shape index (κ1) is 25.0. The third-order valence-electron chi connectivity index (χ3n) is 5.36. The van der Waals surface area contributed by atoms with E-state index >= 15 is 0 Å². The van der Waals surface area contributed by atoms with Crippen molar-refractivity contribution < 1.29 is 13.2 Å². The number of ether oxygens (including phenoxy) is 1. The van der Waals surface area contributed by atoms with Crippen LogP contribution in [0.25, 0.3) is 0 Å². The van der Waals surface area contributed by atoms with Gasteiger partial charge in [0.15, 0.2) is 0 Å². The van der Waals surface area contributed by atoms with Gasteiger partial charge in [-0.05, 0) is 54.9 Å². The Hall–Kier alpha value is -2.29. The summed E-state index contributed by atoms with van der Waals surface area (Å²) in [7, 11) is 4.03. The lowest BCUT2D eigenvalue weighted by atomic mass is 9.90. The number of benzene rings is 1. The molecule has 7 nitrogen and oxygen atoms in total. The molecular weight excluding hydrogens is 412 g/mol. The molecule has 1 aromatic carbocycles. The van der Waals surface area contributed by atoms with Crippen molar-refractivity contribution in [3.8, 4) is 0 Å². The van der Waals surface area contributed by atoms with E-state index in [1.165, 1.54) is 18.4 Å². The molecule has 8 heteroatoms. The number of anilines is 2. The molecule has 1 aliphatic rings. The summed E-state index contributed by atoms with van der Waals surface area (Å²) >= 11 is -0.750. The molecule has 0 bridgehead atoms. The zero-order valence-electron chi connectivity index (χ0n) is 18.7. The molecule has 31 heavy (non-hydrogen) atoms. The van der Waals surface area contributed by atoms with Crippen LogP contribution in [0.2, 0.25) is 0 Å². The second-order valence-corrected chi connectivity index (χ2v) is 8.51. The SMILES string of the molecule is CCC(N)(COCc1cc(NCC2CC2)nc(N(C)C)c1)Cc1ccccc1.O=S=O. The Bertz CT molecular complexity index is 840. The van der Waals surface area contributed by atoms with Gasteiger partial charge in [-0.1, -0.05) is 37.3 Å². The van der Waals surface area contributed by atoms with E-state index < -0.39 is 11.6 Å². The molecule has 2 aromatic rings. The first-order valence-corrected chi connectivity index (χ1v) is 11.3. The largest absolute Gasteiger partial charge is 0.375 e. The van der Waals surface area contributed by atoms with Crippen molar-refractivity contribution in [3.63, 3.8) is 0 Å². The zero-order chi connectivity index (χ0) is 22.7. The molecule has 0 spiro atoms. The number of nitrogens with one attached hydrogen (secondary N) is 1. The van der Waals surface area contributed by atoms with Crippen molar-refractivity contribution in [2.24, 2.45) is 11.7 Å². The molecule has 1 unspecified atom stereocenters. The normalized spacial score (nSPS) is 14.7. The summed E-state index contributed by atoms with van der Waals surface area (Å²) in [5, 5.41) is 3.47. The number of hydrogen-bond acceptors (Lipinski definition) is 7. The molecule has 0 radical (unpaired) electrons. The van der Waals surface area contributed by atoms with Gasteiger partial charge in [0.25, 0.3) is 0 Å². The van der Waals surface area contributed by atoms with E-state index in [0.717, 1.165) is 42.5 Å². The smallest absolute Gasteiger partial charge is 0.335 e. The Balaban J connectivity index is 0.00000107. The van der Waals surface area contributed by atoms with Gasteiger partial charge in [-0.15, -0.1) is 0 Å². The minimum atomic E-state index is -0.750. The van der Waals surface area contributed by atoms with Crippen LogP contribution in [0.15, 0.2) is 42.5 Å². The first-order valence-electron chi connectivity index (χ1n) is 10.6. The van der Waals surface area contributed by atoms with Crippen molar-refractivity contribution in [2.75, 3.05) is 37.5 Å². The molecule has 3 N–H and O–H groups in total. The summed E-state index contributed by atoms with van der Waals surface area (Å²) in [6.45, 7) is 4.20. The number of aromatic nitrogens is 1. The van der Waals surface area contributed by atoms with E-state index in [1.807, 2.05) is 25.1 Å². The summed E-state index contributed by atoms with van der Waals surface area (Å²) in [5.74, 6) is 2.68. The van der Waals surface area contributed by atoms with Crippen LogP contribution in [0, 0.1) is 5.92 Å². The maximum atomic E-state index is 8.29. The molecule has 1 atom stereocenters. The fourth-order valence-electron chi connectivity index (χ4n) is 3.20. The fraction of sp³-hybridized carbons (Fsp3) is 0.522. The lowest BCUT2D eigenvalue weighted by molar-refractivity contribution is 0.0711. The second-order valence-electron chi connectivity index (χ2n) is 8.38. The van der Waals surface area contributed by atoms with Crippen LogP contribution in [0.3, 0.4) is 0 Å². The number of hydrogen-bond donors (Lipinski definition) is 2. The summed E-state index contributed by atoms with van der Waals surface area (Å²) in [6.07, 6.45) is 4.34. The Kier molecular flexibility index (Phi) is 10.1. The number of nitrogens with zero attached hydrogens (tertiary/aromatic N) is 2. The van der Waals surface area contributed by atoms with Crippen LogP contribution in [-0.4, -0.2) is 46.2 Å². The highest BCUT2D eigenvalue weighted by Gasteiger charge is 2.24.